The Kier molecular flexibility index (Phi) is 6.25. The molecule has 0 bridgehead atoms. The lowest BCUT2D eigenvalue weighted by Crippen LogP contribution is -2.26. The fraction of sp³-hybridized carbons (Fsp3) is 0.321. The van der Waals surface area contributed by atoms with E-state index in [9.17, 15) is 10.1 Å². The molecule has 0 atom stereocenters. The molecule has 0 aliphatic carbocycles. The quantitative estimate of drug-likeness (QED) is 0.398. The van der Waals surface area contributed by atoms with Crippen LogP contribution in [-0.2, 0) is 11.8 Å². The van der Waals surface area contributed by atoms with Gasteiger partial charge < -0.3 is 23.4 Å². The van der Waals surface area contributed by atoms with Crippen LogP contribution in [0.5, 0.6) is 5.75 Å². The van der Waals surface area contributed by atoms with E-state index in [1.807, 2.05) is 54.9 Å². The van der Waals surface area contributed by atoms with Crippen LogP contribution in [0.1, 0.15) is 34.5 Å². The predicted octanol–water partition coefficient (Wildman–Crippen LogP) is 4.94. The molecule has 1 amide bonds. The van der Waals surface area contributed by atoms with Gasteiger partial charge in [0.1, 0.15) is 29.1 Å². The summed E-state index contributed by atoms with van der Waals surface area (Å²) in [4.78, 5) is 18.7. The highest BCUT2D eigenvalue weighted by Crippen LogP contribution is 2.37. The summed E-state index contributed by atoms with van der Waals surface area (Å²) < 4.78 is 19.7. The molecule has 184 valence electrons. The van der Waals surface area contributed by atoms with Crippen molar-refractivity contribution in [2.75, 3.05) is 27.3 Å². The topological polar surface area (TPSA) is 93.5 Å². The van der Waals surface area contributed by atoms with Crippen molar-refractivity contribution < 1.29 is 18.7 Å². The van der Waals surface area contributed by atoms with Crippen LogP contribution in [0.2, 0.25) is 0 Å². The highest BCUT2D eigenvalue weighted by molar-refractivity contribution is 5.95. The number of amides is 1. The molecule has 36 heavy (non-hydrogen) atoms. The number of rotatable bonds is 5. The van der Waals surface area contributed by atoms with E-state index < -0.39 is 0 Å². The number of carbonyl (C=O) groups excluding carboxylic acids is 1. The molecule has 1 aliphatic rings. The maximum atomic E-state index is 12.6. The number of furan rings is 1. The SMILES string of the molecule is Cc1cc(C(=O)N(C)C)n(C)c1-c1cc2nccc(-c3ccc(OC4CCOCC4)c(C#N)c3)c2o1. The molecule has 8 heteroatoms. The van der Waals surface area contributed by atoms with Gasteiger partial charge in [0.05, 0.1) is 24.5 Å². The zero-order valence-corrected chi connectivity index (χ0v) is 20.9. The summed E-state index contributed by atoms with van der Waals surface area (Å²) in [5, 5.41) is 9.81. The lowest BCUT2D eigenvalue weighted by Gasteiger charge is -2.23. The smallest absolute Gasteiger partial charge is 0.269 e. The van der Waals surface area contributed by atoms with Crippen LogP contribution in [-0.4, -0.2) is 53.8 Å². The summed E-state index contributed by atoms with van der Waals surface area (Å²) in [6, 6.07) is 13.5. The van der Waals surface area contributed by atoms with E-state index in [1.165, 1.54) is 0 Å². The average molecular weight is 485 g/mol. The van der Waals surface area contributed by atoms with E-state index in [4.69, 9.17) is 13.9 Å². The van der Waals surface area contributed by atoms with E-state index >= 15 is 0 Å². The number of hydrogen-bond acceptors (Lipinski definition) is 6. The number of fused-ring (bicyclic) bond motifs is 1. The van der Waals surface area contributed by atoms with E-state index in [0.717, 1.165) is 35.2 Å². The maximum absolute atomic E-state index is 12.6. The first-order valence-electron chi connectivity index (χ1n) is 11.9. The maximum Gasteiger partial charge on any atom is 0.269 e. The van der Waals surface area contributed by atoms with Gasteiger partial charge in [0.25, 0.3) is 5.91 Å². The molecule has 0 saturated carbocycles. The Bertz CT molecular complexity index is 1490. The van der Waals surface area contributed by atoms with E-state index in [2.05, 4.69) is 11.1 Å². The van der Waals surface area contributed by atoms with Gasteiger partial charge in [-0.1, -0.05) is 6.07 Å². The number of ether oxygens (including phenoxy) is 2. The minimum atomic E-state index is -0.0751. The molecule has 0 N–H and O–H groups in total. The average Bonchev–Trinajstić information content (AvgIpc) is 3.43. The summed E-state index contributed by atoms with van der Waals surface area (Å²) in [6.07, 6.45) is 3.41. The fourth-order valence-electron chi connectivity index (χ4n) is 4.69. The molecule has 1 aliphatic heterocycles. The highest BCUT2D eigenvalue weighted by Gasteiger charge is 2.22. The minimum Gasteiger partial charge on any atom is -0.489 e. The van der Waals surface area contributed by atoms with Crippen molar-refractivity contribution in [2.24, 2.45) is 7.05 Å². The summed E-state index contributed by atoms with van der Waals surface area (Å²) in [5.41, 5.74) is 5.80. The minimum absolute atomic E-state index is 0.0507. The molecule has 0 unspecified atom stereocenters. The number of nitriles is 1. The van der Waals surface area contributed by atoms with Gasteiger partial charge in [-0.2, -0.15) is 5.26 Å². The van der Waals surface area contributed by atoms with Crippen molar-refractivity contribution in [2.45, 2.75) is 25.9 Å². The van der Waals surface area contributed by atoms with Crippen LogP contribution in [0.3, 0.4) is 0 Å². The lowest BCUT2D eigenvalue weighted by molar-refractivity contribution is 0.0254. The normalized spacial score (nSPS) is 14.1. The molecule has 1 aromatic carbocycles. The van der Waals surface area contributed by atoms with E-state index in [0.29, 0.717) is 47.1 Å². The molecule has 0 radical (unpaired) electrons. The second-order valence-electron chi connectivity index (χ2n) is 9.26. The van der Waals surface area contributed by atoms with E-state index in [-0.39, 0.29) is 12.0 Å². The molecule has 1 fully saturated rings. The Labute approximate surface area is 209 Å². The molecule has 5 rings (SSSR count). The summed E-state index contributed by atoms with van der Waals surface area (Å²) >= 11 is 0. The summed E-state index contributed by atoms with van der Waals surface area (Å²) in [6.45, 7) is 3.30. The van der Waals surface area contributed by atoms with Gasteiger partial charge in [-0.05, 0) is 42.3 Å². The third-order valence-electron chi connectivity index (χ3n) is 6.57. The summed E-state index contributed by atoms with van der Waals surface area (Å²) in [5.74, 6) is 1.13. The van der Waals surface area contributed by atoms with Gasteiger partial charge in [0, 0.05) is 51.8 Å². The molecule has 1 saturated heterocycles. The van der Waals surface area contributed by atoms with Gasteiger partial charge in [-0.25, -0.2) is 0 Å². The predicted molar refractivity (Wildman–Crippen MR) is 136 cm³/mol. The van der Waals surface area contributed by atoms with Crippen molar-refractivity contribution in [1.82, 2.24) is 14.5 Å². The Morgan fingerprint density at radius 1 is 1.19 bits per heavy atom. The Morgan fingerprint density at radius 3 is 2.69 bits per heavy atom. The van der Waals surface area contributed by atoms with Crippen molar-refractivity contribution in [3.8, 4) is 34.4 Å². The molecule has 4 heterocycles. The van der Waals surface area contributed by atoms with Crippen LogP contribution in [0.15, 0.2) is 47.0 Å². The number of pyridine rings is 1. The Hall–Kier alpha value is -4.09. The lowest BCUT2D eigenvalue weighted by atomic mass is 10.0. The number of aryl methyl sites for hydroxylation is 1. The molecule has 0 spiro atoms. The van der Waals surface area contributed by atoms with Crippen molar-refractivity contribution >= 4 is 17.0 Å². The van der Waals surface area contributed by atoms with Crippen LogP contribution in [0, 0.1) is 18.3 Å². The largest absolute Gasteiger partial charge is 0.489 e. The molecular formula is C28H28N4O4. The first kappa shape index (κ1) is 23.6. The van der Waals surface area contributed by atoms with Crippen molar-refractivity contribution in [3.63, 3.8) is 0 Å². The number of nitrogens with zero attached hydrogens (tertiary/aromatic N) is 4. The van der Waals surface area contributed by atoms with Crippen LogP contribution in [0.25, 0.3) is 33.7 Å². The summed E-state index contributed by atoms with van der Waals surface area (Å²) in [7, 11) is 5.32. The van der Waals surface area contributed by atoms with Gasteiger partial charge >= 0.3 is 0 Å². The third-order valence-corrected chi connectivity index (χ3v) is 6.57. The van der Waals surface area contributed by atoms with Gasteiger partial charge in [0.15, 0.2) is 11.3 Å². The first-order valence-corrected chi connectivity index (χ1v) is 11.9. The second kappa shape index (κ2) is 9.51. The highest BCUT2D eigenvalue weighted by atomic mass is 16.5. The fourth-order valence-corrected chi connectivity index (χ4v) is 4.69. The van der Waals surface area contributed by atoms with Crippen molar-refractivity contribution in [3.05, 3.63) is 59.4 Å². The third kappa shape index (κ3) is 4.23. The standard InChI is InChI=1S/C28H28N4O4/c1-17-13-23(28(33)31(2)3)32(4)26(17)25-15-22-27(36-25)21(7-10-30-22)18-5-6-24(19(14-18)16-29)35-20-8-11-34-12-9-20/h5-7,10,13-15,20H,8-9,11-12H2,1-4H3. The van der Waals surface area contributed by atoms with Crippen LogP contribution in [0.4, 0.5) is 0 Å². The van der Waals surface area contributed by atoms with Crippen molar-refractivity contribution in [1.29, 1.82) is 5.26 Å². The second-order valence-corrected chi connectivity index (χ2v) is 9.26. The van der Waals surface area contributed by atoms with Gasteiger partial charge in [-0.15, -0.1) is 0 Å². The Morgan fingerprint density at radius 2 is 1.97 bits per heavy atom. The molecule has 4 aromatic rings. The van der Waals surface area contributed by atoms with Crippen LogP contribution >= 0.6 is 0 Å². The molecule has 3 aromatic heterocycles. The molecule has 8 nitrogen and oxygen atoms in total. The number of aromatic nitrogens is 2. The van der Waals surface area contributed by atoms with Gasteiger partial charge in [0.2, 0.25) is 0 Å². The van der Waals surface area contributed by atoms with Crippen LogP contribution < -0.4 is 4.74 Å². The number of benzene rings is 1. The zero-order chi connectivity index (χ0) is 25.4. The van der Waals surface area contributed by atoms with E-state index in [1.54, 1.807) is 25.2 Å². The zero-order valence-electron chi connectivity index (χ0n) is 20.9. The number of hydrogen-bond donors (Lipinski definition) is 0. The first-order chi connectivity index (χ1) is 17.4. The van der Waals surface area contributed by atoms with Gasteiger partial charge in [-0.3, -0.25) is 9.78 Å². The number of carbonyl (C=O) groups is 1. The Balaban J connectivity index is 1.53. The molecular weight excluding hydrogens is 456 g/mol. The monoisotopic (exact) mass is 484 g/mol.